The molecule has 2 rings (SSSR count). The molecule has 0 spiro atoms. The fourth-order valence-corrected chi connectivity index (χ4v) is 1.04. The van der Waals surface area contributed by atoms with Crippen molar-refractivity contribution in [1.82, 2.24) is 4.98 Å². The average molecular weight is 169 g/mol. The first kappa shape index (κ1) is 7.33. The van der Waals surface area contributed by atoms with E-state index in [-0.39, 0.29) is 5.89 Å². The van der Waals surface area contributed by atoms with Crippen molar-refractivity contribution in [2.75, 3.05) is 0 Å². The Hall–Kier alpha value is -2.33. The molecule has 1 aromatic carbocycles. The zero-order chi connectivity index (χ0) is 9.26. The van der Waals surface area contributed by atoms with E-state index in [0.717, 1.165) is 0 Å². The molecule has 0 N–H and O–H groups in total. The molecule has 0 aliphatic heterocycles. The molecule has 2 aromatic rings. The Labute approximate surface area is 73.6 Å². The zero-order valence-electron chi connectivity index (χ0n) is 6.48. The van der Waals surface area contributed by atoms with Gasteiger partial charge in [-0.2, -0.15) is 15.5 Å². The van der Waals surface area contributed by atoms with Crippen molar-refractivity contribution < 1.29 is 4.42 Å². The molecule has 4 heteroatoms. The molecule has 0 unspecified atom stereocenters. The molecule has 4 nitrogen and oxygen atoms in total. The highest BCUT2D eigenvalue weighted by Gasteiger charge is 2.04. The second-order valence-electron chi connectivity index (χ2n) is 2.43. The predicted octanol–water partition coefficient (Wildman–Crippen LogP) is 1.57. The SMILES string of the molecule is N#Cc1ccc2oc(C#N)nc2c1. The van der Waals surface area contributed by atoms with E-state index in [2.05, 4.69) is 4.98 Å². The first-order valence-electron chi connectivity index (χ1n) is 3.54. The van der Waals surface area contributed by atoms with Crippen molar-refractivity contribution in [2.24, 2.45) is 0 Å². The number of aromatic nitrogens is 1. The van der Waals surface area contributed by atoms with Gasteiger partial charge in [-0.05, 0) is 18.2 Å². The third kappa shape index (κ3) is 1.11. The minimum atomic E-state index is 0.0186. The van der Waals surface area contributed by atoms with Gasteiger partial charge < -0.3 is 4.42 Å². The third-order valence-corrected chi connectivity index (χ3v) is 1.61. The summed E-state index contributed by atoms with van der Waals surface area (Å²) in [6, 6.07) is 8.60. The Morgan fingerprint density at radius 1 is 1.23 bits per heavy atom. The quantitative estimate of drug-likeness (QED) is 0.599. The van der Waals surface area contributed by atoms with Crippen LogP contribution in [0.1, 0.15) is 11.5 Å². The van der Waals surface area contributed by atoms with E-state index in [1.54, 1.807) is 24.3 Å². The van der Waals surface area contributed by atoms with Gasteiger partial charge in [-0.15, -0.1) is 0 Å². The number of nitrogens with zero attached hydrogens (tertiary/aromatic N) is 3. The Morgan fingerprint density at radius 2 is 2.08 bits per heavy atom. The van der Waals surface area contributed by atoms with Crippen LogP contribution in [-0.4, -0.2) is 4.98 Å². The molecule has 0 radical (unpaired) electrons. The summed E-state index contributed by atoms with van der Waals surface area (Å²) in [6.07, 6.45) is 0. The van der Waals surface area contributed by atoms with E-state index in [1.165, 1.54) is 0 Å². The zero-order valence-corrected chi connectivity index (χ0v) is 6.48. The molecular weight excluding hydrogens is 166 g/mol. The second-order valence-corrected chi connectivity index (χ2v) is 2.43. The lowest BCUT2D eigenvalue weighted by Gasteiger charge is -1.85. The molecular formula is C9H3N3O. The van der Waals surface area contributed by atoms with Crippen LogP contribution in [0, 0.1) is 22.7 Å². The van der Waals surface area contributed by atoms with Gasteiger partial charge in [0.25, 0.3) is 0 Å². The number of fused-ring (bicyclic) bond motifs is 1. The lowest BCUT2D eigenvalue weighted by molar-refractivity contribution is 0.584. The van der Waals surface area contributed by atoms with Crippen LogP contribution in [0.3, 0.4) is 0 Å². The van der Waals surface area contributed by atoms with Crippen molar-refractivity contribution in [3.8, 4) is 12.1 Å². The lowest BCUT2D eigenvalue weighted by atomic mass is 10.2. The normalized spacial score (nSPS) is 9.38. The van der Waals surface area contributed by atoms with Gasteiger partial charge in [0.2, 0.25) is 0 Å². The number of nitriles is 2. The largest absolute Gasteiger partial charge is 0.428 e. The number of oxazole rings is 1. The first-order chi connectivity index (χ1) is 6.33. The molecule has 0 fully saturated rings. The summed E-state index contributed by atoms with van der Waals surface area (Å²) in [4.78, 5) is 3.86. The second kappa shape index (κ2) is 2.62. The van der Waals surface area contributed by atoms with E-state index >= 15 is 0 Å². The van der Waals surface area contributed by atoms with Crippen molar-refractivity contribution >= 4 is 11.1 Å². The maximum absolute atomic E-state index is 8.59. The number of rotatable bonds is 0. The smallest absolute Gasteiger partial charge is 0.301 e. The van der Waals surface area contributed by atoms with Gasteiger partial charge in [-0.1, -0.05) is 0 Å². The third-order valence-electron chi connectivity index (χ3n) is 1.61. The van der Waals surface area contributed by atoms with E-state index in [9.17, 15) is 0 Å². The van der Waals surface area contributed by atoms with Gasteiger partial charge in [0.1, 0.15) is 5.52 Å². The molecule has 0 bridgehead atoms. The van der Waals surface area contributed by atoms with Crippen molar-refractivity contribution in [1.29, 1.82) is 10.5 Å². The summed E-state index contributed by atoms with van der Waals surface area (Å²) in [6.45, 7) is 0. The molecule has 0 atom stereocenters. The minimum absolute atomic E-state index is 0.0186. The summed E-state index contributed by atoms with van der Waals surface area (Å²) in [5.41, 5.74) is 1.57. The molecule has 1 aromatic heterocycles. The van der Waals surface area contributed by atoms with Gasteiger partial charge in [0.05, 0.1) is 11.6 Å². The summed E-state index contributed by atoms with van der Waals surface area (Å²) < 4.78 is 5.04. The van der Waals surface area contributed by atoms with Gasteiger partial charge in [0.15, 0.2) is 11.7 Å². The Balaban J connectivity index is 2.74. The average Bonchev–Trinajstić information content (AvgIpc) is 2.58. The fraction of sp³-hybridized carbons (Fsp3) is 0. The minimum Gasteiger partial charge on any atom is -0.428 e. The standard InChI is InChI=1S/C9H3N3O/c10-4-6-1-2-8-7(3-6)12-9(5-11)13-8/h1-3H. The number of hydrogen-bond acceptors (Lipinski definition) is 4. The first-order valence-corrected chi connectivity index (χ1v) is 3.54. The molecule has 0 aliphatic carbocycles. The molecule has 0 saturated heterocycles. The van der Waals surface area contributed by atoms with Crippen LogP contribution in [0.5, 0.6) is 0 Å². The van der Waals surface area contributed by atoms with Crippen LogP contribution in [0.2, 0.25) is 0 Å². The number of benzene rings is 1. The Bertz CT molecular complexity index is 530. The Morgan fingerprint density at radius 3 is 2.77 bits per heavy atom. The highest BCUT2D eigenvalue weighted by Crippen LogP contribution is 2.15. The Kier molecular flexibility index (Phi) is 1.47. The van der Waals surface area contributed by atoms with Gasteiger partial charge in [-0.25, -0.2) is 0 Å². The molecule has 60 valence electrons. The van der Waals surface area contributed by atoms with Gasteiger partial charge in [-0.3, -0.25) is 0 Å². The fourth-order valence-electron chi connectivity index (χ4n) is 1.04. The maximum atomic E-state index is 8.59. The molecule has 13 heavy (non-hydrogen) atoms. The monoisotopic (exact) mass is 169 g/mol. The highest BCUT2D eigenvalue weighted by molar-refractivity contribution is 5.74. The van der Waals surface area contributed by atoms with Crippen molar-refractivity contribution in [2.45, 2.75) is 0 Å². The van der Waals surface area contributed by atoms with Crippen LogP contribution < -0.4 is 0 Å². The summed E-state index contributed by atoms with van der Waals surface area (Å²) in [7, 11) is 0. The highest BCUT2D eigenvalue weighted by atomic mass is 16.3. The molecule has 1 heterocycles. The van der Waals surface area contributed by atoms with E-state index < -0.39 is 0 Å². The van der Waals surface area contributed by atoms with Crippen LogP contribution in [-0.2, 0) is 0 Å². The van der Waals surface area contributed by atoms with Crippen molar-refractivity contribution in [3.05, 3.63) is 29.7 Å². The van der Waals surface area contributed by atoms with E-state index in [4.69, 9.17) is 14.9 Å². The van der Waals surface area contributed by atoms with E-state index in [1.807, 2.05) is 6.07 Å². The topological polar surface area (TPSA) is 73.6 Å². The predicted molar refractivity (Wildman–Crippen MR) is 43.4 cm³/mol. The van der Waals surface area contributed by atoms with Gasteiger partial charge >= 0.3 is 5.89 Å². The van der Waals surface area contributed by atoms with Crippen LogP contribution >= 0.6 is 0 Å². The molecule has 0 saturated carbocycles. The summed E-state index contributed by atoms with van der Waals surface area (Å²) in [5.74, 6) is 0.0186. The van der Waals surface area contributed by atoms with Crippen LogP contribution in [0.4, 0.5) is 0 Å². The molecule has 0 aliphatic rings. The van der Waals surface area contributed by atoms with Gasteiger partial charge in [0, 0.05) is 0 Å². The lowest BCUT2D eigenvalue weighted by Crippen LogP contribution is -1.73. The van der Waals surface area contributed by atoms with Crippen LogP contribution in [0.25, 0.3) is 11.1 Å². The summed E-state index contributed by atoms with van der Waals surface area (Å²) >= 11 is 0. The van der Waals surface area contributed by atoms with E-state index in [0.29, 0.717) is 16.7 Å². The summed E-state index contributed by atoms with van der Waals surface area (Å²) in [5, 5.41) is 17.1. The maximum Gasteiger partial charge on any atom is 0.301 e. The number of hydrogen-bond donors (Lipinski definition) is 0. The molecule has 0 amide bonds. The van der Waals surface area contributed by atoms with Crippen molar-refractivity contribution in [3.63, 3.8) is 0 Å². The van der Waals surface area contributed by atoms with Crippen LogP contribution in [0.15, 0.2) is 22.6 Å².